The molecule has 114 valence electrons. The van der Waals surface area contributed by atoms with Crippen LogP contribution in [0.2, 0.25) is 0 Å². The van der Waals surface area contributed by atoms with Crippen LogP contribution in [-0.2, 0) is 0 Å². The van der Waals surface area contributed by atoms with Gasteiger partial charge in [0.05, 0.1) is 20.8 Å². The summed E-state index contributed by atoms with van der Waals surface area (Å²) in [5, 5.41) is 7.55. The van der Waals surface area contributed by atoms with Crippen LogP contribution >= 0.6 is 35.5 Å². The average Bonchev–Trinajstić information content (AvgIpc) is 3.14. The van der Waals surface area contributed by atoms with Gasteiger partial charge in [0.15, 0.2) is 5.76 Å². The van der Waals surface area contributed by atoms with Crippen molar-refractivity contribution in [2.75, 3.05) is 6.26 Å². The molecule has 0 unspecified atom stereocenters. The maximum Gasteiger partial charge on any atom is 0.228 e. The molecule has 7 heteroatoms. The van der Waals surface area contributed by atoms with Crippen molar-refractivity contribution < 1.29 is 4.42 Å². The van der Waals surface area contributed by atoms with E-state index in [1.165, 1.54) is 11.3 Å². The zero-order valence-electron chi connectivity index (χ0n) is 11.7. The quantitative estimate of drug-likeness (QED) is 0.412. The minimum absolute atomic E-state index is 0. The Labute approximate surface area is 142 Å². The van der Waals surface area contributed by atoms with Gasteiger partial charge in [0, 0.05) is 5.56 Å². The summed E-state index contributed by atoms with van der Waals surface area (Å²) < 4.78 is 6.91. The summed E-state index contributed by atoms with van der Waals surface area (Å²) in [5.74, 6) is 1.35. The van der Waals surface area contributed by atoms with E-state index in [0.717, 1.165) is 26.0 Å². The molecule has 0 fully saturated rings. The first-order valence-electron chi connectivity index (χ1n) is 6.23. The van der Waals surface area contributed by atoms with Gasteiger partial charge < -0.3 is 10.2 Å². The van der Waals surface area contributed by atoms with E-state index in [1.807, 2.05) is 42.7 Å². The number of nitrogens with zero attached hydrogens (tertiary/aromatic N) is 1. The Hall–Kier alpha value is -1.76. The molecule has 0 saturated carbocycles. The summed E-state index contributed by atoms with van der Waals surface area (Å²) in [6, 6.07) is 11.7. The van der Waals surface area contributed by atoms with Crippen LogP contribution in [0.3, 0.4) is 0 Å². The highest BCUT2D eigenvalue weighted by molar-refractivity contribution is 8.00. The fraction of sp³-hybridized carbons (Fsp3) is 0.0667. The molecular formula is C15H14ClN3OS2. The molecule has 0 spiro atoms. The summed E-state index contributed by atoms with van der Waals surface area (Å²) in [6.45, 7) is 0. The molecule has 3 rings (SSSR count). The van der Waals surface area contributed by atoms with Crippen molar-refractivity contribution in [2.45, 2.75) is 4.21 Å². The Morgan fingerprint density at radius 3 is 2.68 bits per heavy atom. The van der Waals surface area contributed by atoms with Crippen molar-refractivity contribution in [2.24, 2.45) is 5.73 Å². The third kappa shape index (κ3) is 3.19. The topological polar surface area (TPSA) is 75.9 Å². The Balaban J connectivity index is 0.00000176. The lowest BCUT2D eigenvalue weighted by atomic mass is 10.2. The van der Waals surface area contributed by atoms with Gasteiger partial charge in [-0.1, -0.05) is 30.3 Å². The van der Waals surface area contributed by atoms with Crippen LogP contribution in [0.1, 0.15) is 4.88 Å². The number of halogens is 1. The van der Waals surface area contributed by atoms with E-state index in [9.17, 15) is 0 Å². The summed E-state index contributed by atoms with van der Waals surface area (Å²) in [4.78, 5) is 5.09. The number of amidine groups is 1. The monoisotopic (exact) mass is 351 g/mol. The van der Waals surface area contributed by atoms with Gasteiger partial charge in [-0.25, -0.2) is 4.98 Å². The molecule has 1 aromatic carbocycles. The number of nitrogen functional groups attached to an aromatic ring is 1. The SMILES string of the molecule is CSc1sc(C(=N)N)cc1-c1ncc(-c2ccccc2)o1.Cl. The molecule has 3 aromatic rings. The Kier molecular flexibility index (Phi) is 5.28. The lowest BCUT2D eigenvalue weighted by Crippen LogP contribution is -2.08. The first-order chi connectivity index (χ1) is 10.2. The number of aromatic nitrogens is 1. The second kappa shape index (κ2) is 7.00. The number of hydrogen-bond donors (Lipinski definition) is 2. The summed E-state index contributed by atoms with van der Waals surface area (Å²) in [7, 11) is 0. The maximum atomic E-state index is 7.55. The van der Waals surface area contributed by atoms with E-state index in [2.05, 4.69) is 4.98 Å². The van der Waals surface area contributed by atoms with Crippen molar-refractivity contribution in [1.82, 2.24) is 4.98 Å². The summed E-state index contributed by atoms with van der Waals surface area (Å²) in [5.41, 5.74) is 7.44. The van der Waals surface area contributed by atoms with Crippen molar-refractivity contribution in [3.05, 3.63) is 47.5 Å². The van der Waals surface area contributed by atoms with Crippen molar-refractivity contribution >= 4 is 41.3 Å². The van der Waals surface area contributed by atoms with Gasteiger partial charge >= 0.3 is 0 Å². The highest BCUT2D eigenvalue weighted by atomic mass is 35.5. The van der Waals surface area contributed by atoms with Crippen LogP contribution in [-0.4, -0.2) is 17.1 Å². The van der Waals surface area contributed by atoms with Gasteiger partial charge in [0.2, 0.25) is 5.89 Å². The largest absolute Gasteiger partial charge is 0.436 e. The molecule has 2 aromatic heterocycles. The van der Waals surface area contributed by atoms with E-state index in [1.54, 1.807) is 18.0 Å². The molecule has 0 aliphatic carbocycles. The van der Waals surface area contributed by atoms with Gasteiger partial charge in [0.25, 0.3) is 0 Å². The molecule has 0 saturated heterocycles. The van der Waals surface area contributed by atoms with Gasteiger partial charge in [0.1, 0.15) is 5.84 Å². The zero-order chi connectivity index (χ0) is 14.8. The molecule has 0 amide bonds. The predicted octanol–water partition coefficient (Wildman–Crippen LogP) is 4.50. The number of thiophene rings is 1. The van der Waals surface area contributed by atoms with E-state index in [0.29, 0.717) is 5.89 Å². The van der Waals surface area contributed by atoms with Crippen LogP contribution < -0.4 is 5.73 Å². The molecule has 0 bridgehead atoms. The third-order valence-corrected chi connectivity index (χ3v) is 5.25. The normalized spacial score (nSPS) is 10.2. The molecule has 22 heavy (non-hydrogen) atoms. The molecule has 0 atom stereocenters. The first-order valence-corrected chi connectivity index (χ1v) is 8.27. The summed E-state index contributed by atoms with van der Waals surface area (Å²) in [6.07, 6.45) is 3.71. The second-order valence-electron chi connectivity index (χ2n) is 4.33. The predicted molar refractivity (Wildman–Crippen MR) is 95.3 cm³/mol. The zero-order valence-corrected chi connectivity index (χ0v) is 14.1. The van der Waals surface area contributed by atoms with Crippen LogP contribution in [0.15, 0.2) is 51.2 Å². The fourth-order valence-corrected chi connectivity index (χ4v) is 3.65. The number of thioether (sulfide) groups is 1. The van der Waals surface area contributed by atoms with Crippen molar-refractivity contribution in [3.8, 4) is 22.8 Å². The van der Waals surface area contributed by atoms with Crippen molar-refractivity contribution in [3.63, 3.8) is 0 Å². The molecule has 4 nitrogen and oxygen atoms in total. The van der Waals surface area contributed by atoms with E-state index in [4.69, 9.17) is 15.6 Å². The minimum atomic E-state index is 0. The number of benzene rings is 1. The molecule has 2 heterocycles. The minimum Gasteiger partial charge on any atom is -0.436 e. The Bertz CT molecular complexity index is 783. The number of nitrogens with one attached hydrogen (secondary N) is 1. The smallest absolute Gasteiger partial charge is 0.228 e. The number of hydrogen-bond acceptors (Lipinski definition) is 5. The number of nitrogens with two attached hydrogens (primary N) is 1. The third-order valence-electron chi connectivity index (χ3n) is 2.94. The van der Waals surface area contributed by atoms with Gasteiger partial charge in [-0.3, -0.25) is 5.41 Å². The van der Waals surface area contributed by atoms with Gasteiger partial charge in [-0.15, -0.1) is 35.5 Å². The maximum absolute atomic E-state index is 7.55. The van der Waals surface area contributed by atoms with Crippen LogP contribution in [0, 0.1) is 5.41 Å². The van der Waals surface area contributed by atoms with Gasteiger partial charge in [-0.2, -0.15) is 0 Å². The van der Waals surface area contributed by atoms with Crippen LogP contribution in [0.25, 0.3) is 22.8 Å². The first kappa shape index (κ1) is 16.6. The highest BCUT2D eigenvalue weighted by Crippen LogP contribution is 2.38. The fourth-order valence-electron chi connectivity index (χ4n) is 1.94. The van der Waals surface area contributed by atoms with E-state index >= 15 is 0 Å². The lowest BCUT2D eigenvalue weighted by molar-refractivity contribution is 0.588. The number of rotatable bonds is 4. The highest BCUT2D eigenvalue weighted by Gasteiger charge is 2.17. The summed E-state index contributed by atoms with van der Waals surface area (Å²) >= 11 is 3.08. The molecule has 0 radical (unpaired) electrons. The van der Waals surface area contributed by atoms with Gasteiger partial charge in [-0.05, 0) is 12.3 Å². The molecule has 0 aliphatic rings. The Morgan fingerprint density at radius 2 is 2.05 bits per heavy atom. The average molecular weight is 352 g/mol. The van der Waals surface area contributed by atoms with E-state index < -0.39 is 0 Å². The molecule has 0 aliphatic heterocycles. The van der Waals surface area contributed by atoms with Crippen molar-refractivity contribution in [1.29, 1.82) is 5.41 Å². The van der Waals surface area contributed by atoms with E-state index in [-0.39, 0.29) is 18.2 Å². The van der Waals surface area contributed by atoms with Crippen LogP contribution in [0.4, 0.5) is 0 Å². The second-order valence-corrected chi connectivity index (χ2v) is 6.45. The van der Waals surface area contributed by atoms with Crippen LogP contribution in [0.5, 0.6) is 0 Å². The lowest BCUT2D eigenvalue weighted by Gasteiger charge is -1.96. The number of oxazole rings is 1. The molecular weight excluding hydrogens is 338 g/mol. The molecule has 3 N–H and O–H groups in total. The standard InChI is InChI=1S/C15H13N3OS2.ClH/c1-20-15-10(7-12(21-15)13(16)17)14-18-8-11(19-14)9-5-3-2-4-6-9;/h2-8H,1H3,(H3,16,17);1H. The Morgan fingerprint density at radius 1 is 1.32 bits per heavy atom.